The van der Waals surface area contributed by atoms with E-state index in [1.807, 2.05) is 41.3 Å². The number of piperidine rings is 1. The topological polar surface area (TPSA) is 85.2 Å². The largest absolute Gasteiger partial charge is 0.497 e. The number of ether oxygens (including phenoxy) is 1. The van der Waals surface area contributed by atoms with Gasteiger partial charge in [0.25, 0.3) is 0 Å². The maximum absolute atomic E-state index is 12.6. The first-order chi connectivity index (χ1) is 19.2. The van der Waals surface area contributed by atoms with Gasteiger partial charge in [0.1, 0.15) is 17.4 Å². The van der Waals surface area contributed by atoms with E-state index in [0.29, 0.717) is 18.4 Å². The number of carbonyl (C=O) groups excluding carboxylic acids is 1. The molecule has 1 saturated carbocycles. The summed E-state index contributed by atoms with van der Waals surface area (Å²) in [5.74, 6) is 3.38. The van der Waals surface area contributed by atoms with Crippen LogP contribution < -0.4 is 10.1 Å². The van der Waals surface area contributed by atoms with Gasteiger partial charge in [0, 0.05) is 42.9 Å². The Kier molecular flexibility index (Phi) is 5.87. The number of hydrogen-bond donors (Lipinski definition) is 1. The SMILES string of the molecule is COc1ccc2c(c1)nc(-c1ccc3ccccc3c1)n2-c1ccnc(N[C@@H]2CCCN(C(=O)C3CC3)C2)n1. The molecule has 0 unspecified atom stereocenters. The van der Waals surface area contributed by atoms with Gasteiger partial charge in [-0.25, -0.2) is 9.97 Å². The molecule has 3 aromatic carbocycles. The molecule has 1 amide bonds. The number of fused-ring (bicyclic) bond motifs is 2. The van der Waals surface area contributed by atoms with Crippen LogP contribution >= 0.6 is 0 Å². The molecule has 0 spiro atoms. The number of aromatic nitrogens is 4. The van der Waals surface area contributed by atoms with Crippen molar-refractivity contribution in [3.05, 3.63) is 72.9 Å². The number of imidazole rings is 1. The lowest BCUT2D eigenvalue weighted by Gasteiger charge is -2.33. The maximum atomic E-state index is 12.6. The molecule has 8 heteroatoms. The molecule has 196 valence electrons. The van der Waals surface area contributed by atoms with E-state index in [2.05, 4.69) is 45.2 Å². The summed E-state index contributed by atoms with van der Waals surface area (Å²) in [5.41, 5.74) is 2.76. The zero-order valence-corrected chi connectivity index (χ0v) is 21.9. The van der Waals surface area contributed by atoms with Crippen molar-refractivity contribution < 1.29 is 9.53 Å². The van der Waals surface area contributed by atoms with Crippen LogP contribution in [0, 0.1) is 5.92 Å². The summed E-state index contributed by atoms with van der Waals surface area (Å²) in [6.07, 6.45) is 5.81. The van der Waals surface area contributed by atoms with E-state index in [1.165, 1.54) is 5.39 Å². The summed E-state index contributed by atoms with van der Waals surface area (Å²) < 4.78 is 7.55. The first-order valence-corrected chi connectivity index (χ1v) is 13.6. The third kappa shape index (κ3) is 4.56. The van der Waals surface area contributed by atoms with Crippen molar-refractivity contribution in [3.63, 3.8) is 0 Å². The van der Waals surface area contributed by atoms with E-state index in [4.69, 9.17) is 14.7 Å². The molecule has 8 nitrogen and oxygen atoms in total. The molecule has 1 aliphatic carbocycles. The number of likely N-dealkylation sites (tertiary alicyclic amines) is 1. The monoisotopic (exact) mass is 518 g/mol. The highest BCUT2D eigenvalue weighted by Crippen LogP contribution is 2.33. The number of hydrogen-bond acceptors (Lipinski definition) is 6. The fraction of sp³-hybridized carbons (Fsp3) is 0.290. The lowest BCUT2D eigenvalue weighted by Crippen LogP contribution is -2.45. The van der Waals surface area contributed by atoms with Crippen LogP contribution in [0.4, 0.5) is 5.95 Å². The molecule has 3 heterocycles. The molecule has 5 aromatic rings. The number of nitrogens with one attached hydrogen (secondary N) is 1. The van der Waals surface area contributed by atoms with Crippen LogP contribution in [-0.2, 0) is 4.79 Å². The van der Waals surface area contributed by atoms with E-state index in [1.54, 1.807) is 13.3 Å². The van der Waals surface area contributed by atoms with E-state index >= 15 is 0 Å². The predicted molar refractivity (Wildman–Crippen MR) is 152 cm³/mol. The number of rotatable bonds is 6. The third-order valence-corrected chi connectivity index (χ3v) is 7.73. The summed E-state index contributed by atoms with van der Waals surface area (Å²) >= 11 is 0. The Labute approximate surface area is 226 Å². The third-order valence-electron chi connectivity index (χ3n) is 7.73. The van der Waals surface area contributed by atoms with Crippen molar-refractivity contribution in [2.45, 2.75) is 31.7 Å². The second-order valence-corrected chi connectivity index (χ2v) is 10.5. The Hall–Kier alpha value is -4.46. The second-order valence-electron chi connectivity index (χ2n) is 10.5. The van der Waals surface area contributed by atoms with Crippen molar-refractivity contribution in [2.24, 2.45) is 5.92 Å². The summed E-state index contributed by atoms with van der Waals surface area (Å²) in [5, 5.41) is 5.84. The summed E-state index contributed by atoms with van der Waals surface area (Å²) in [7, 11) is 1.66. The maximum Gasteiger partial charge on any atom is 0.225 e. The van der Waals surface area contributed by atoms with Crippen LogP contribution in [0.1, 0.15) is 25.7 Å². The molecule has 1 aliphatic heterocycles. The van der Waals surface area contributed by atoms with Crippen molar-refractivity contribution in [1.29, 1.82) is 0 Å². The minimum atomic E-state index is 0.125. The lowest BCUT2D eigenvalue weighted by molar-refractivity contribution is -0.133. The summed E-state index contributed by atoms with van der Waals surface area (Å²) in [6, 6.07) is 22.7. The van der Waals surface area contributed by atoms with E-state index in [9.17, 15) is 4.79 Å². The van der Waals surface area contributed by atoms with Crippen molar-refractivity contribution in [2.75, 3.05) is 25.5 Å². The molecule has 39 heavy (non-hydrogen) atoms. The zero-order valence-electron chi connectivity index (χ0n) is 21.9. The summed E-state index contributed by atoms with van der Waals surface area (Å²) in [6.45, 7) is 1.53. The van der Waals surface area contributed by atoms with Gasteiger partial charge in [-0.2, -0.15) is 4.98 Å². The van der Waals surface area contributed by atoms with Crippen molar-refractivity contribution in [3.8, 4) is 23.0 Å². The average Bonchev–Trinajstić information content (AvgIpc) is 3.76. The van der Waals surface area contributed by atoms with Gasteiger partial charge < -0.3 is 15.0 Å². The number of amides is 1. The van der Waals surface area contributed by atoms with Gasteiger partial charge in [-0.05, 0) is 60.7 Å². The first-order valence-electron chi connectivity index (χ1n) is 13.6. The average molecular weight is 519 g/mol. The smallest absolute Gasteiger partial charge is 0.225 e. The molecular formula is C31H30N6O2. The number of carbonyl (C=O) groups is 1. The molecule has 2 aromatic heterocycles. The van der Waals surface area contributed by atoms with Gasteiger partial charge in [0.05, 0.1) is 18.1 Å². The number of methoxy groups -OCH3 is 1. The molecule has 2 aliphatic rings. The molecule has 0 bridgehead atoms. The van der Waals surface area contributed by atoms with E-state index in [0.717, 1.165) is 71.6 Å². The minimum absolute atomic E-state index is 0.125. The Morgan fingerprint density at radius 1 is 0.974 bits per heavy atom. The zero-order chi connectivity index (χ0) is 26.3. The second kappa shape index (κ2) is 9.69. The van der Waals surface area contributed by atoms with Gasteiger partial charge in [-0.1, -0.05) is 36.4 Å². The van der Waals surface area contributed by atoms with E-state index < -0.39 is 0 Å². The number of benzene rings is 3. The van der Waals surface area contributed by atoms with Crippen LogP contribution in [0.5, 0.6) is 5.75 Å². The van der Waals surface area contributed by atoms with Crippen LogP contribution in [0.3, 0.4) is 0 Å². The Bertz CT molecular complexity index is 1690. The van der Waals surface area contributed by atoms with Gasteiger partial charge in [0.2, 0.25) is 11.9 Å². The first kappa shape index (κ1) is 23.6. The van der Waals surface area contributed by atoms with Gasteiger partial charge >= 0.3 is 0 Å². The van der Waals surface area contributed by atoms with E-state index in [-0.39, 0.29) is 12.0 Å². The lowest BCUT2D eigenvalue weighted by atomic mass is 10.1. The van der Waals surface area contributed by atoms with Crippen LogP contribution in [0.2, 0.25) is 0 Å². The molecule has 0 radical (unpaired) electrons. The number of nitrogens with zero attached hydrogens (tertiary/aromatic N) is 5. The molecule has 7 rings (SSSR count). The van der Waals surface area contributed by atoms with Gasteiger partial charge in [-0.3, -0.25) is 9.36 Å². The fourth-order valence-electron chi connectivity index (χ4n) is 5.55. The minimum Gasteiger partial charge on any atom is -0.497 e. The van der Waals surface area contributed by atoms with Crippen LogP contribution in [-0.4, -0.2) is 56.6 Å². The highest BCUT2D eigenvalue weighted by Gasteiger charge is 2.35. The Morgan fingerprint density at radius 3 is 2.69 bits per heavy atom. The van der Waals surface area contributed by atoms with Gasteiger partial charge in [0.15, 0.2) is 0 Å². The van der Waals surface area contributed by atoms with Crippen LogP contribution in [0.15, 0.2) is 72.9 Å². The molecule has 2 fully saturated rings. The molecule has 1 atom stereocenters. The Morgan fingerprint density at radius 2 is 1.85 bits per heavy atom. The van der Waals surface area contributed by atoms with Crippen molar-refractivity contribution in [1.82, 2.24) is 24.4 Å². The summed E-state index contributed by atoms with van der Waals surface area (Å²) in [4.78, 5) is 29.1. The normalized spacial score (nSPS) is 17.5. The molecule has 1 saturated heterocycles. The standard InChI is InChI=1S/C31H30N6O2/c1-39-25-12-13-27-26(18-25)34-29(23-11-8-20-5-2-3-6-22(20)17-23)37(27)28-14-15-32-31(35-28)33-24-7-4-16-36(19-24)30(38)21-9-10-21/h2-3,5-6,8,11-15,17-18,21,24H,4,7,9-10,16,19H2,1H3,(H,32,33,35)/t24-/m1/s1. The molecule has 1 N–H and O–H groups in total. The predicted octanol–water partition coefficient (Wildman–Crippen LogP) is 5.46. The number of anilines is 1. The quantitative estimate of drug-likeness (QED) is 0.321. The fourth-order valence-corrected chi connectivity index (χ4v) is 5.55. The Balaban J connectivity index is 1.26. The van der Waals surface area contributed by atoms with Gasteiger partial charge in [-0.15, -0.1) is 0 Å². The van der Waals surface area contributed by atoms with Crippen molar-refractivity contribution >= 4 is 33.7 Å². The highest BCUT2D eigenvalue weighted by atomic mass is 16.5. The molecular weight excluding hydrogens is 488 g/mol. The highest BCUT2D eigenvalue weighted by molar-refractivity contribution is 5.89. The van der Waals surface area contributed by atoms with Crippen LogP contribution in [0.25, 0.3) is 39.0 Å².